The predicted molar refractivity (Wildman–Crippen MR) is 73.9 cm³/mol. The number of aromatic nitrogens is 1. The first-order chi connectivity index (χ1) is 10.5. The van der Waals surface area contributed by atoms with E-state index in [0.29, 0.717) is 5.56 Å². The van der Waals surface area contributed by atoms with Crippen LogP contribution in [0, 0.1) is 0 Å². The summed E-state index contributed by atoms with van der Waals surface area (Å²) in [7, 11) is -3.58. The zero-order valence-electron chi connectivity index (χ0n) is 11.4. The Hall–Kier alpha value is -2.00. The minimum Gasteiger partial charge on any atom is -0.435 e. The highest BCUT2D eigenvalue weighted by Gasteiger charge is 2.14. The molecular formula is C13H14F2N2O4S. The van der Waals surface area contributed by atoms with Gasteiger partial charge in [0.2, 0.25) is 10.0 Å². The Kier molecular flexibility index (Phi) is 5.45. The average molecular weight is 332 g/mol. The van der Waals surface area contributed by atoms with E-state index in [2.05, 4.69) is 14.6 Å². The lowest BCUT2D eigenvalue weighted by Crippen LogP contribution is -2.27. The molecule has 9 heteroatoms. The molecule has 0 atom stereocenters. The minimum absolute atomic E-state index is 0.0342. The molecule has 0 aliphatic carbocycles. The van der Waals surface area contributed by atoms with Crippen LogP contribution in [0.4, 0.5) is 8.78 Å². The van der Waals surface area contributed by atoms with Gasteiger partial charge in [-0.1, -0.05) is 23.4 Å². The highest BCUT2D eigenvalue weighted by molar-refractivity contribution is 7.88. The van der Waals surface area contributed by atoms with Gasteiger partial charge in [0.1, 0.15) is 11.5 Å². The average Bonchev–Trinajstić information content (AvgIpc) is 2.92. The van der Waals surface area contributed by atoms with Gasteiger partial charge >= 0.3 is 6.61 Å². The van der Waals surface area contributed by atoms with Gasteiger partial charge in [0.15, 0.2) is 5.76 Å². The van der Waals surface area contributed by atoms with Crippen molar-refractivity contribution in [2.75, 3.05) is 6.54 Å². The monoisotopic (exact) mass is 332 g/mol. The first-order valence-corrected chi connectivity index (χ1v) is 8.01. The van der Waals surface area contributed by atoms with Crippen molar-refractivity contribution in [1.29, 1.82) is 0 Å². The summed E-state index contributed by atoms with van der Waals surface area (Å²) in [5.41, 5.74) is 0.491. The third-order valence-corrected chi connectivity index (χ3v) is 4.04. The molecule has 0 aliphatic heterocycles. The third-order valence-electron chi connectivity index (χ3n) is 2.73. The van der Waals surface area contributed by atoms with Gasteiger partial charge in [-0.2, -0.15) is 8.78 Å². The van der Waals surface area contributed by atoms with Gasteiger partial charge in [-0.15, -0.1) is 0 Å². The zero-order chi connectivity index (χ0) is 16.0. The summed E-state index contributed by atoms with van der Waals surface area (Å²) < 4.78 is 59.6. The van der Waals surface area contributed by atoms with Crippen LogP contribution in [0.25, 0.3) is 0 Å². The fourth-order valence-corrected chi connectivity index (χ4v) is 2.86. The number of nitrogens with one attached hydrogen (secondary N) is 1. The van der Waals surface area contributed by atoms with Crippen LogP contribution in [0.1, 0.15) is 11.3 Å². The number of nitrogens with zero attached hydrogens (tertiary/aromatic N) is 1. The maximum atomic E-state index is 12.3. The molecule has 0 aliphatic rings. The Morgan fingerprint density at radius 2 is 2.05 bits per heavy atom. The number of rotatable bonds is 8. The van der Waals surface area contributed by atoms with Crippen molar-refractivity contribution in [2.45, 2.75) is 18.8 Å². The molecule has 0 unspecified atom stereocenters. The van der Waals surface area contributed by atoms with Crippen molar-refractivity contribution in [1.82, 2.24) is 9.88 Å². The van der Waals surface area contributed by atoms with Crippen LogP contribution in [-0.4, -0.2) is 26.7 Å². The van der Waals surface area contributed by atoms with Gasteiger partial charge < -0.3 is 9.26 Å². The number of ether oxygens (including phenoxy) is 1. The summed E-state index contributed by atoms with van der Waals surface area (Å²) in [6.45, 7) is -2.87. The Morgan fingerprint density at radius 1 is 1.27 bits per heavy atom. The number of hydrogen-bond donors (Lipinski definition) is 1. The maximum Gasteiger partial charge on any atom is 0.387 e. The predicted octanol–water partition coefficient (Wildman–Crippen LogP) is 1.94. The number of sulfonamides is 1. The van der Waals surface area contributed by atoms with Crippen molar-refractivity contribution in [3.63, 3.8) is 0 Å². The van der Waals surface area contributed by atoms with E-state index in [-0.39, 0.29) is 30.2 Å². The molecule has 1 aromatic carbocycles. The fourth-order valence-electron chi connectivity index (χ4n) is 1.82. The van der Waals surface area contributed by atoms with Crippen molar-refractivity contribution in [3.8, 4) is 5.75 Å². The van der Waals surface area contributed by atoms with Crippen LogP contribution < -0.4 is 9.46 Å². The van der Waals surface area contributed by atoms with Crippen LogP contribution in [0.15, 0.2) is 41.1 Å². The van der Waals surface area contributed by atoms with E-state index >= 15 is 0 Å². The topological polar surface area (TPSA) is 81.4 Å². The summed E-state index contributed by atoms with van der Waals surface area (Å²) >= 11 is 0. The standard InChI is InChI=1S/C13H14F2N2O4S/c14-13(15)20-12-4-2-1-3-10(12)5-8-17-22(18,19)9-11-6-7-16-21-11/h1-4,6-7,13,17H,5,8-9H2. The molecule has 0 saturated carbocycles. The second kappa shape index (κ2) is 7.32. The van der Waals surface area contributed by atoms with Crippen molar-refractivity contribution in [2.24, 2.45) is 0 Å². The van der Waals surface area contributed by atoms with E-state index in [9.17, 15) is 17.2 Å². The molecular weight excluding hydrogens is 318 g/mol. The number of halogens is 2. The SMILES string of the molecule is O=S(=O)(Cc1ccno1)NCCc1ccccc1OC(F)F. The lowest BCUT2D eigenvalue weighted by atomic mass is 10.1. The maximum absolute atomic E-state index is 12.3. The first kappa shape index (κ1) is 16.4. The smallest absolute Gasteiger partial charge is 0.387 e. The van der Waals surface area contributed by atoms with Crippen LogP contribution >= 0.6 is 0 Å². The van der Waals surface area contributed by atoms with E-state index in [1.807, 2.05) is 0 Å². The molecule has 0 bridgehead atoms. The summed E-state index contributed by atoms with van der Waals surface area (Å²) in [4.78, 5) is 0. The van der Waals surface area contributed by atoms with E-state index in [0.717, 1.165) is 0 Å². The van der Waals surface area contributed by atoms with Crippen LogP contribution in [0.5, 0.6) is 5.75 Å². The summed E-state index contributed by atoms with van der Waals surface area (Å²) in [6.07, 6.45) is 1.57. The molecule has 0 saturated heterocycles. The lowest BCUT2D eigenvalue weighted by molar-refractivity contribution is -0.0504. The Balaban J connectivity index is 1.91. The van der Waals surface area contributed by atoms with Crippen molar-refractivity contribution < 1.29 is 26.5 Å². The first-order valence-electron chi connectivity index (χ1n) is 6.36. The molecule has 120 valence electrons. The van der Waals surface area contributed by atoms with Crippen LogP contribution in [0.2, 0.25) is 0 Å². The highest BCUT2D eigenvalue weighted by atomic mass is 32.2. The second-order valence-electron chi connectivity index (χ2n) is 4.37. The van der Waals surface area contributed by atoms with Gasteiger partial charge in [-0.3, -0.25) is 0 Å². The molecule has 0 amide bonds. The highest BCUT2D eigenvalue weighted by Crippen LogP contribution is 2.20. The van der Waals surface area contributed by atoms with E-state index in [4.69, 9.17) is 4.52 Å². The van der Waals surface area contributed by atoms with Gasteiger partial charge in [-0.25, -0.2) is 13.1 Å². The largest absolute Gasteiger partial charge is 0.435 e. The molecule has 2 rings (SSSR count). The molecule has 2 aromatic rings. The van der Waals surface area contributed by atoms with E-state index < -0.39 is 16.6 Å². The van der Waals surface area contributed by atoms with E-state index in [1.54, 1.807) is 18.2 Å². The number of benzene rings is 1. The van der Waals surface area contributed by atoms with Gasteiger partial charge in [0, 0.05) is 12.6 Å². The number of alkyl halides is 2. The number of hydrogen-bond acceptors (Lipinski definition) is 5. The fraction of sp³-hybridized carbons (Fsp3) is 0.308. The Bertz CT molecular complexity index is 690. The van der Waals surface area contributed by atoms with Crippen LogP contribution in [0.3, 0.4) is 0 Å². The summed E-state index contributed by atoms with van der Waals surface area (Å²) in [5.74, 6) is -0.0804. The van der Waals surface area contributed by atoms with Gasteiger partial charge in [0.25, 0.3) is 0 Å². The van der Waals surface area contributed by atoms with E-state index in [1.165, 1.54) is 18.3 Å². The minimum atomic E-state index is -3.58. The lowest BCUT2D eigenvalue weighted by Gasteiger charge is -2.11. The van der Waals surface area contributed by atoms with Gasteiger partial charge in [-0.05, 0) is 18.1 Å². The summed E-state index contributed by atoms with van der Waals surface area (Å²) in [5, 5.41) is 3.42. The molecule has 0 fully saturated rings. The molecule has 0 spiro atoms. The van der Waals surface area contributed by atoms with Crippen LogP contribution in [-0.2, 0) is 22.2 Å². The number of para-hydroxylation sites is 1. The Labute approximate surface area is 126 Å². The molecule has 22 heavy (non-hydrogen) atoms. The normalized spacial score (nSPS) is 11.8. The molecule has 1 N–H and O–H groups in total. The molecule has 6 nitrogen and oxygen atoms in total. The quantitative estimate of drug-likeness (QED) is 0.799. The van der Waals surface area contributed by atoms with Gasteiger partial charge in [0.05, 0.1) is 6.20 Å². The van der Waals surface area contributed by atoms with Crippen molar-refractivity contribution in [3.05, 3.63) is 47.9 Å². The molecule has 1 heterocycles. The summed E-state index contributed by atoms with van der Waals surface area (Å²) in [6, 6.07) is 7.68. The molecule has 1 aromatic heterocycles. The Morgan fingerprint density at radius 3 is 2.73 bits per heavy atom. The van der Waals surface area contributed by atoms with Crippen molar-refractivity contribution >= 4 is 10.0 Å². The molecule has 0 radical (unpaired) electrons. The zero-order valence-corrected chi connectivity index (χ0v) is 12.2. The third kappa shape index (κ3) is 5.08. The second-order valence-corrected chi connectivity index (χ2v) is 6.18.